The number of carbonyl (C=O) groups is 1. The second-order valence-corrected chi connectivity index (χ2v) is 7.87. The van der Waals surface area contributed by atoms with Crippen LogP contribution < -0.4 is 4.90 Å². The maximum atomic E-state index is 12.8. The van der Waals surface area contributed by atoms with Gasteiger partial charge in [-0.05, 0) is 48.4 Å². The molecule has 29 heavy (non-hydrogen) atoms. The van der Waals surface area contributed by atoms with Crippen molar-refractivity contribution >= 4 is 11.6 Å². The van der Waals surface area contributed by atoms with E-state index in [0.29, 0.717) is 24.6 Å². The van der Waals surface area contributed by atoms with Crippen molar-refractivity contribution in [2.24, 2.45) is 5.92 Å². The van der Waals surface area contributed by atoms with Crippen molar-refractivity contribution in [1.29, 1.82) is 0 Å². The van der Waals surface area contributed by atoms with Crippen LogP contribution in [0.5, 0.6) is 0 Å². The van der Waals surface area contributed by atoms with E-state index in [1.165, 1.54) is 23.4 Å². The number of amides is 1. The van der Waals surface area contributed by atoms with Gasteiger partial charge < -0.3 is 9.80 Å². The lowest BCUT2D eigenvalue weighted by molar-refractivity contribution is -0.141. The SMILES string of the molecule is O=C(CC1CCN(c2ccc(C(F)(F)F)nc2)CC1)N1CCc2ccccc2C1. The van der Waals surface area contributed by atoms with Gasteiger partial charge in [-0.3, -0.25) is 4.79 Å². The number of nitrogens with zero attached hydrogens (tertiary/aromatic N) is 3. The molecule has 0 spiro atoms. The lowest BCUT2D eigenvalue weighted by atomic mass is 9.92. The van der Waals surface area contributed by atoms with Crippen LogP contribution in [0.2, 0.25) is 0 Å². The first-order valence-corrected chi connectivity index (χ1v) is 10.0. The first-order chi connectivity index (χ1) is 13.9. The number of anilines is 1. The van der Waals surface area contributed by atoms with Crippen LogP contribution in [0.1, 0.15) is 36.1 Å². The van der Waals surface area contributed by atoms with Gasteiger partial charge in [-0.2, -0.15) is 13.2 Å². The van der Waals surface area contributed by atoms with E-state index in [9.17, 15) is 18.0 Å². The summed E-state index contributed by atoms with van der Waals surface area (Å²) in [6.45, 7) is 2.92. The summed E-state index contributed by atoms with van der Waals surface area (Å²) < 4.78 is 38.0. The largest absolute Gasteiger partial charge is 0.433 e. The quantitative estimate of drug-likeness (QED) is 0.767. The highest BCUT2D eigenvalue weighted by molar-refractivity contribution is 5.76. The smallest absolute Gasteiger partial charge is 0.370 e. The van der Waals surface area contributed by atoms with Gasteiger partial charge in [0.1, 0.15) is 5.69 Å². The predicted octanol–water partition coefficient (Wildman–Crippen LogP) is 4.29. The lowest BCUT2D eigenvalue weighted by Gasteiger charge is -2.35. The van der Waals surface area contributed by atoms with E-state index < -0.39 is 11.9 Å². The molecule has 0 bridgehead atoms. The van der Waals surface area contributed by atoms with Crippen LogP contribution in [0.4, 0.5) is 18.9 Å². The number of fused-ring (bicyclic) bond motifs is 1. The highest BCUT2D eigenvalue weighted by atomic mass is 19.4. The zero-order valence-electron chi connectivity index (χ0n) is 16.2. The summed E-state index contributed by atoms with van der Waals surface area (Å²) in [4.78, 5) is 20.3. The van der Waals surface area contributed by atoms with E-state index in [4.69, 9.17) is 0 Å². The zero-order chi connectivity index (χ0) is 20.4. The Kier molecular flexibility index (Phi) is 5.48. The minimum Gasteiger partial charge on any atom is -0.370 e. The molecule has 4 nitrogen and oxygen atoms in total. The van der Waals surface area contributed by atoms with Gasteiger partial charge in [-0.15, -0.1) is 0 Å². The van der Waals surface area contributed by atoms with E-state index in [0.717, 1.165) is 45.0 Å². The molecule has 2 aromatic rings. The molecule has 2 aliphatic heterocycles. The highest BCUT2D eigenvalue weighted by Crippen LogP contribution is 2.30. The Bertz CT molecular complexity index is 858. The number of hydrogen-bond donors (Lipinski definition) is 0. The molecule has 0 saturated carbocycles. The number of aromatic nitrogens is 1. The van der Waals surface area contributed by atoms with Crippen LogP contribution in [0.3, 0.4) is 0 Å². The molecule has 3 heterocycles. The minimum atomic E-state index is -4.42. The molecule has 0 aliphatic carbocycles. The van der Waals surface area contributed by atoms with Gasteiger partial charge in [0.2, 0.25) is 5.91 Å². The summed E-state index contributed by atoms with van der Waals surface area (Å²) in [7, 11) is 0. The first kappa shape index (κ1) is 19.7. The topological polar surface area (TPSA) is 36.4 Å². The second kappa shape index (κ2) is 8.05. The third-order valence-corrected chi connectivity index (χ3v) is 5.96. The molecule has 0 radical (unpaired) electrons. The molecule has 2 aliphatic rings. The van der Waals surface area contributed by atoms with E-state index in [2.05, 4.69) is 17.1 Å². The number of rotatable bonds is 3. The van der Waals surface area contributed by atoms with Crippen molar-refractivity contribution in [3.05, 3.63) is 59.4 Å². The molecule has 1 saturated heterocycles. The van der Waals surface area contributed by atoms with Crippen LogP contribution in [0, 0.1) is 5.92 Å². The molecule has 1 fully saturated rings. The third-order valence-electron chi connectivity index (χ3n) is 5.96. The molecule has 0 N–H and O–H groups in total. The van der Waals surface area contributed by atoms with E-state index in [1.807, 2.05) is 21.9 Å². The molecular formula is C22H24F3N3O. The van der Waals surface area contributed by atoms with E-state index >= 15 is 0 Å². The standard InChI is InChI=1S/C22H24F3N3O/c23-22(24,25)20-6-5-19(14-26-20)27-10-7-16(8-11-27)13-21(29)28-12-9-17-3-1-2-4-18(17)15-28/h1-6,14,16H,7-13,15H2. The molecule has 7 heteroatoms. The average molecular weight is 403 g/mol. The molecular weight excluding hydrogens is 379 g/mol. The minimum absolute atomic E-state index is 0.203. The molecule has 1 amide bonds. The maximum absolute atomic E-state index is 12.8. The van der Waals surface area contributed by atoms with Gasteiger partial charge in [0.15, 0.2) is 0 Å². The van der Waals surface area contributed by atoms with Crippen LogP contribution >= 0.6 is 0 Å². The highest BCUT2D eigenvalue weighted by Gasteiger charge is 2.32. The van der Waals surface area contributed by atoms with Crippen molar-refractivity contribution in [2.45, 2.75) is 38.4 Å². The number of carbonyl (C=O) groups excluding carboxylic acids is 1. The summed E-state index contributed by atoms with van der Waals surface area (Å²) >= 11 is 0. The normalized spacial score (nSPS) is 17.9. The molecule has 1 aromatic heterocycles. The molecule has 154 valence electrons. The zero-order valence-corrected chi connectivity index (χ0v) is 16.2. The van der Waals surface area contributed by atoms with Crippen LogP contribution in [-0.2, 0) is 23.9 Å². The van der Waals surface area contributed by atoms with Gasteiger partial charge in [0.05, 0.1) is 11.9 Å². The number of halogens is 3. The van der Waals surface area contributed by atoms with Crippen LogP contribution in [0.15, 0.2) is 42.6 Å². The Labute approximate surface area is 168 Å². The number of benzene rings is 1. The number of pyridine rings is 1. The molecule has 4 rings (SSSR count). The fourth-order valence-corrected chi connectivity index (χ4v) is 4.22. The summed E-state index contributed by atoms with van der Waals surface area (Å²) in [5.41, 5.74) is 2.40. The van der Waals surface area contributed by atoms with Crippen molar-refractivity contribution < 1.29 is 18.0 Å². The third kappa shape index (κ3) is 4.54. The van der Waals surface area contributed by atoms with Gasteiger partial charge >= 0.3 is 6.18 Å². The summed E-state index contributed by atoms with van der Waals surface area (Å²) in [6, 6.07) is 10.8. The fourth-order valence-electron chi connectivity index (χ4n) is 4.22. The maximum Gasteiger partial charge on any atom is 0.433 e. The van der Waals surface area contributed by atoms with Crippen molar-refractivity contribution in [2.75, 3.05) is 24.5 Å². The van der Waals surface area contributed by atoms with Gasteiger partial charge in [-0.1, -0.05) is 24.3 Å². The van der Waals surface area contributed by atoms with Crippen molar-refractivity contribution in [1.82, 2.24) is 9.88 Å². The van der Waals surface area contributed by atoms with Crippen LogP contribution in [0.25, 0.3) is 0 Å². The summed E-state index contributed by atoms with van der Waals surface area (Å²) in [5, 5.41) is 0. The average Bonchev–Trinajstić information content (AvgIpc) is 2.73. The monoisotopic (exact) mass is 403 g/mol. The Morgan fingerprint density at radius 3 is 2.41 bits per heavy atom. The second-order valence-electron chi connectivity index (χ2n) is 7.87. The Morgan fingerprint density at radius 1 is 1.03 bits per heavy atom. The summed E-state index contributed by atoms with van der Waals surface area (Å²) in [5.74, 6) is 0.521. The first-order valence-electron chi connectivity index (χ1n) is 10.0. The fraction of sp³-hybridized carbons (Fsp3) is 0.455. The van der Waals surface area contributed by atoms with E-state index in [-0.39, 0.29) is 5.91 Å². The van der Waals surface area contributed by atoms with Gasteiger partial charge in [0, 0.05) is 32.6 Å². The van der Waals surface area contributed by atoms with Crippen LogP contribution in [-0.4, -0.2) is 35.4 Å². The number of piperidine rings is 1. The van der Waals surface area contributed by atoms with E-state index in [1.54, 1.807) is 0 Å². The molecule has 0 atom stereocenters. The van der Waals surface area contributed by atoms with Crippen molar-refractivity contribution in [3.8, 4) is 0 Å². The number of hydrogen-bond acceptors (Lipinski definition) is 3. The number of alkyl halides is 3. The Hall–Kier alpha value is -2.57. The Balaban J connectivity index is 1.28. The lowest BCUT2D eigenvalue weighted by Crippen LogP contribution is -2.39. The van der Waals surface area contributed by atoms with Crippen molar-refractivity contribution in [3.63, 3.8) is 0 Å². The molecule has 1 aromatic carbocycles. The van der Waals surface area contributed by atoms with Gasteiger partial charge in [-0.25, -0.2) is 4.98 Å². The predicted molar refractivity (Wildman–Crippen MR) is 104 cm³/mol. The van der Waals surface area contributed by atoms with Gasteiger partial charge in [0.25, 0.3) is 0 Å². The molecule has 0 unspecified atom stereocenters. The summed E-state index contributed by atoms with van der Waals surface area (Å²) in [6.07, 6.45) is 0.0389. The Morgan fingerprint density at radius 2 is 1.76 bits per heavy atom.